The van der Waals surface area contributed by atoms with E-state index in [4.69, 9.17) is 0 Å². The highest BCUT2D eigenvalue weighted by atomic mass is 16.2. The highest BCUT2D eigenvalue weighted by Gasteiger charge is 2.10. The standard InChI is InChI=1S/C11H9N7O/c19-11(10-15-17-18-16-10)14-8-3-1-7(2-4-8)9-5-12-6-13-9/h1-6H,(H,12,13)(H,14,19)(H,15,16,17,18). The summed E-state index contributed by atoms with van der Waals surface area (Å²) in [5, 5.41) is 15.4. The maximum Gasteiger partial charge on any atom is 0.297 e. The minimum Gasteiger partial charge on any atom is -0.345 e. The molecule has 0 aliphatic carbocycles. The van der Waals surface area contributed by atoms with Gasteiger partial charge in [0.2, 0.25) is 0 Å². The lowest BCUT2D eigenvalue weighted by Crippen LogP contribution is -2.13. The fourth-order valence-corrected chi connectivity index (χ4v) is 1.59. The van der Waals surface area contributed by atoms with Crippen molar-refractivity contribution in [2.45, 2.75) is 0 Å². The molecule has 19 heavy (non-hydrogen) atoms. The highest BCUT2D eigenvalue weighted by Crippen LogP contribution is 2.18. The summed E-state index contributed by atoms with van der Waals surface area (Å²) >= 11 is 0. The number of hydrogen-bond donors (Lipinski definition) is 3. The maximum absolute atomic E-state index is 11.7. The summed E-state index contributed by atoms with van der Waals surface area (Å²) in [5.41, 5.74) is 2.55. The first-order valence-electron chi connectivity index (χ1n) is 5.46. The largest absolute Gasteiger partial charge is 0.345 e. The smallest absolute Gasteiger partial charge is 0.297 e. The Morgan fingerprint density at radius 1 is 1.21 bits per heavy atom. The molecule has 0 aliphatic rings. The van der Waals surface area contributed by atoms with Gasteiger partial charge in [-0.3, -0.25) is 4.79 Å². The number of aromatic amines is 2. The van der Waals surface area contributed by atoms with Crippen LogP contribution in [0, 0.1) is 0 Å². The van der Waals surface area contributed by atoms with Crippen LogP contribution in [0.1, 0.15) is 10.6 Å². The van der Waals surface area contributed by atoms with E-state index >= 15 is 0 Å². The molecular formula is C11H9N7O. The Hall–Kier alpha value is -3.03. The second-order valence-corrected chi connectivity index (χ2v) is 3.73. The van der Waals surface area contributed by atoms with E-state index in [-0.39, 0.29) is 5.82 Å². The van der Waals surface area contributed by atoms with Crippen molar-refractivity contribution < 1.29 is 4.79 Å². The summed E-state index contributed by atoms with van der Waals surface area (Å²) in [6.07, 6.45) is 3.34. The van der Waals surface area contributed by atoms with E-state index in [1.807, 2.05) is 12.1 Å². The van der Waals surface area contributed by atoms with E-state index in [0.29, 0.717) is 5.69 Å². The van der Waals surface area contributed by atoms with Crippen molar-refractivity contribution in [2.75, 3.05) is 5.32 Å². The number of nitrogens with one attached hydrogen (secondary N) is 3. The molecule has 8 heteroatoms. The number of carbonyl (C=O) groups is 1. The lowest BCUT2D eigenvalue weighted by Gasteiger charge is -2.03. The van der Waals surface area contributed by atoms with Crippen LogP contribution < -0.4 is 5.32 Å². The van der Waals surface area contributed by atoms with Crippen LogP contribution in [0.2, 0.25) is 0 Å². The molecule has 0 unspecified atom stereocenters. The van der Waals surface area contributed by atoms with Gasteiger partial charge in [0.25, 0.3) is 11.7 Å². The fraction of sp³-hybridized carbons (Fsp3) is 0. The van der Waals surface area contributed by atoms with Gasteiger partial charge in [-0.2, -0.15) is 5.21 Å². The molecule has 0 saturated carbocycles. The number of H-pyrrole nitrogens is 2. The van der Waals surface area contributed by atoms with Crippen LogP contribution in [-0.2, 0) is 0 Å². The zero-order valence-electron chi connectivity index (χ0n) is 9.66. The summed E-state index contributed by atoms with van der Waals surface area (Å²) < 4.78 is 0. The number of hydrogen-bond acceptors (Lipinski definition) is 5. The van der Waals surface area contributed by atoms with Crippen LogP contribution in [0.15, 0.2) is 36.8 Å². The molecule has 3 rings (SSSR count). The van der Waals surface area contributed by atoms with E-state index in [9.17, 15) is 4.79 Å². The van der Waals surface area contributed by atoms with E-state index in [1.165, 1.54) is 0 Å². The van der Waals surface area contributed by atoms with Gasteiger partial charge in [-0.05, 0) is 22.9 Å². The molecule has 0 spiro atoms. The molecule has 2 heterocycles. The molecule has 1 amide bonds. The molecular weight excluding hydrogens is 246 g/mol. The topological polar surface area (TPSA) is 112 Å². The highest BCUT2D eigenvalue weighted by molar-refractivity contribution is 6.01. The zero-order chi connectivity index (χ0) is 13.1. The first-order valence-corrected chi connectivity index (χ1v) is 5.46. The molecule has 0 saturated heterocycles. The Labute approximate surface area is 107 Å². The summed E-state index contributed by atoms with van der Waals surface area (Å²) in [6, 6.07) is 7.32. The first-order chi connectivity index (χ1) is 9.33. The number of aromatic nitrogens is 6. The van der Waals surface area contributed by atoms with E-state index in [0.717, 1.165) is 11.3 Å². The predicted molar refractivity (Wildman–Crippen MR) is 66.2 cm³/mol. The molecule has 1 aromatic carbocycles. The van der Waals surface area contributed by atoms with Gasteiger partial charge in [-0.25, -0.2) is 4.98 Å². The van der Waals surface area contributed by atoms with E-state index < -0.39 is 5.91 Å². The van der Waals surface area contributed by atoms with Crippen LogP contribution in [0.5, 0.6) is 0 Å². The second kappa shape index (κ2) is 4.69. The predicted octanol–water partition coefficient (Wildman–Crippen LogP) is 0.842. The molecule has 3 N–H and O–H groups in total. The number of imidazole rings is 1. The summed E-state index contributed by atoms with van der Waals surface area (Å²) in [6.45, 7) is 0. The van der Waals surface area contributed by atoms with Crippen molar-refractivity contribution >= 4 is 11.6 Å². The number of rotatable bonds is 3. The number of nitrogens with zero attached hydrogens (tertiary/aromatic N) is 4. The molecule has 2 aromatic heterocycles. The molecule has 3 aromatic rings. The van der Waals surface area contributed by atoms with E-state index in [1.54, 1.807) is 24.7 Å². The second-order valence-electron chi connectivity index (χ2n) is 3.73. The lowest BCUT2D eigenvalue weighted by atomic mass is 10.1. The van der Waals surface area contributed by atoms with Crippen LogP contribution >= 0.6 is 0 Å². The SMILES string of the molecule is O=C(Nc1ccc(-c2cnc[nH]2)cc1)c1nn[nH]n1. The number of anilines is 1. The average Bonchev–Trinajstić information content (AvgIpc) is 3.13. The Balaban J connectivity index is 1.75. The third-order valence-corrected chi connectivity index (χ3v) is 2.50. The quantitative estimate of drug-likeness (QED) is 0.642. The molecule has 0 atom stereocenters. The molecule has 0 radical (unpaired) electrons. The Morgan fingerprint density at radius 3 is 2.68 bits per heavy atom. The Kier molecular flexibility index (Phi) is 2.73. The zero-order valence-corrected chi connectivity index (χ0v) is 9.66. The van der Waals surface area contributed by atoms with Gasteiger partial charge in [0, 0.05) is 5.69 Å². The average molecular weight is 255 g/mol. The summed E-state index contributed by atoms with van der Waals surface area (Å²) in [4.78, 5) is 18.6. The van der Waals surface area contributed by atoms with Crippen molar-refractivity contribution in [3.05, 3.63) is 42.6 Å². The molecule has 8 nitrogen and oxygen atoms in total. The van der Waals surface area contributed by atoms with Crippen LogP contribution in [0.25, 0.3) is 11.3 Å². The van der Waals surface area contributed by atoms with Gasteiger partial charge in [0.1, 0.15) is 0 Å². The molecule has 0 aliphatic heterocycles. The van der Waals surface area contributed by atoms with Crippen LogP contribution in [-0.4, -0.2) is 36.5 Å². The van der Waals surface area contributed by atoms with Gasteiger partial charge >= 0.3 is 0 Å². The van der Waals surface area contributed by atoms with Crippen molar-refractivity contribution in [1.82, 2.24) is 30.6 Å². The van der Waals surface area contributed by atoms with Crippen LogP contribution in [0.3, 0.4) is 0 Å². The fourth-order valence-electron chi connectivity index (χ4n) is 1.59. The third kappa shape index (κ3) is 2.32. The van der Waals surface area contributed by atoms with Gasteiger partial charge < -0.3 is 10.3 Å². The van der Waals surface area contributed by atoms with E-state index in [2.05, 4.69) is 35.9 Å². The number of benzene rings is 1. The monoisotopic (exact) mass is 255 g/mol. The van der Waals surface area contributed by atoms with Crippen LogP contribution in [0.4, 0.5) is 5.69 Å². The van der Waals surface area contributed by atoms with Gasteiger partial charge in [-0.15, -0.1) is 10.2 Å². The van der Waals surface area contributed by atoms with Gasteiger partial charge in [0.05, 0.1) is 18.2 Å². The summed E-state index contributed by atoms with van der Waals surface area (Å²) in [7, 11) is 0. The molecule has 94 valence electrons. The van der Waals surface area contributed by atoms with Crippen molar-refractivity contribution in [3.63, 3.8) is 0 Å². The van der Waals surface area contributed by atoms with Crippen molar-refractivity contribution in [3.8, 4) is 11.3 Å². The minimum atomic E-state index is -0.414. The van der Waals surface area contributed by atoms with Crippen molar-refractivity contribution in [1.29, 1.82) is 0 Å². The van der Waals surface area contributed by atoms with Crippen molar-refractivity contribution in [2.24, 2.45) is 0 Å². The maximum atomic E-state index is 11.7. The Morgan fingerprint density at radius 2 is 2.05 bits per heavy atom. The number of carbonyl (C=O) groups excluding carboxylic acids is 1. The van der Waals surface area contributed by atoms with Gasteiger partial charge in [-0.1, -0.05) is 12.1 Å². The molecule has 0 bridgehead atoms. The number of tetrazole rings is 1. The Bertz CT molecular complexity index is 658. The minimum absolute atomic E-state index is 0.00218. The normalized spacial score (nSPS) is 10.3. The van der Waals surface area contributed by atoms with Gasteiger partial charge in [0.15, 0.2) is 0 Å². The molecule has 0 fully saturated rings. The lowest BCUT2D eigenvalue weighted by molar-refractivity contribution is 0.101. The summed E-state index contributed by atoms with van der Waals surface area (Å²) in [5.74, 6) is -0.416. The number of amides is 1. The first kappa shape index (κ1) is 11.1. The third-order valence-electron chi connectivity index (χ3n) is 2.50.